The second-order valence-corrected chi connectivity index (χ2v) is 10.3. The van der Waals surface area contributed by atoms with Crippen molar-refractivity contribution in [3.05, 3.63) is 94.4 Å². The van der Waals surface area contributed by atoms with Crippen LogP contribution in [0.5, 0.6) is 5.88 Å². The van der Waals surface area contributed by atoms with Crippen molar-refractivity contribution >= 4 is 23.6 Å². The number of aromatic nitrogens is 6. The number of ether oxygens (including phenoxy) is 1. The Morgan fingerprint density at radius 1 is 1.20 bits per heavy atom. The van der Waals surface area contributed by atoms with Crippen molar-refractivity contribution in [2.75, 3.05) is 13.1 Å². The molecular formula is C29H31ClFN7O3. The molecule has 1 aromatic carbocycles. The van der Waals surface area contributed by atoms with E-state index in [1.165, 1.54) is 12.1 Å². The average Bonchev–Trinajstić information content (AvgIpc) is 3.58. The van der Waals surface area contributed by atoms with Crippen LogP contribution in [0.1, 0.15) is 54.3 Å². The number of nitrogens with zero attached hydrogens (tertiary/aromatic N) is 7. The van der Waals surface area contributed by atoms with Gasteiger partial charge in [-0.3, -0.25) is 4.90 Å². The predicted molar refractivity (Wildman–Crippen MR) is 151 cm³/mol. The standard InChI is InChI=1S/C29H31ClFN7O3/c1-2-37-19-32-15-23(37)16-38-26(8-9-29(39)40)34-35-27(38)17-36-12-10-20(11-13-36)25-4-3-5-28(33-25)41-18-21-6-7-22(30)14-24(21)31/h3-9,14-15,19-20H,2,10-13,16-18H2,1H3,(H,39,40)/b9-8+. The predicted octanol–water partition coefficient (Wildman–Crippen LogP) is 4.79. The fourth-order valence-electron chi connectivity index (χ4n) is 4.95. The first-order valence-electron chi connectivity index (χ1n) is 13.5. The van der Waals surface area contributed by atoms with E-state index in [0.29, 0.717) is 35.4 Å². The first kappa shape index (κ1) is 28.4. The van der Waals surface area contributed by atoms with E-state index in [1.54, 1.807) is 30.7 Å². The fraction of sp³-hybridized carbons (Fsp3) is 0.345. The summed E-state index contributed by atoms with van der Waals surface area (Å²) >= 11 is 5.84. The number of hydrogen-bond acceptors (Lipinski definition) is 7. The van der Waals surface area contributed by atoms with Crippen molar-refractivity contribution in [3.8, 4) is 5.88 Å². The molecule has 0 unspecified atom stereocenters. The Morgan fingerprint density at radius 3 is 2.78 bits per heavy atom. The van der Waals surface area contributed by atoms with Crippen LogP contribution in [0.25, 0.3) is 6.08 Å². The van der Waals surface area contributed by atoms with Gasteiger partial charge < -0.3 is 19.0 Å². The number of aliphatic carboxylic acids is 1. The lowest BCUT2D eigenvalue weighted by molar-refractivity contribution is -0.131. The lowest BCUT2D eigenvalue weighted by Gasteiger charge is -2.31. The molecule has 0 atom stereocenters. The minimum absolute atomic E-state index is 0.0707. The third-order valence-electron chi connectivity index (χ3n) is 7.20. The van der Waals surface area contributed by atoms with Gasteiger partial charge in [0.1, 0.15) is 18.2 Å². The van der Waals surface area contributed by atoms with Crippen LogP contribution in [0, 0.1) is 5.82 Å². The van der Waals surface area contributed by atoms with E-state index in [1.807, 2.05) is 28.2 Å². The highest BCUT2D eigenvalue weighted by atomic mass is 35.5. The number of rotatable bonds is 11. The molecule has 5 rings (SSSR count). The summed E-state index contributed by atoms with van der Waals surface area (Å²) in [5, 5.41) is 18.1. The maximum atomic E-state index is 14.1. The number of carbonyl (C=O) groups is 1. The average molecular weight is 580 g/mol. The van der Waals surface area contributed by atoms with Crippen molar-refractivity contribution in [3.63, 3.8) is 0 Å². The Hall–Kier alpha value is -4.09. The van der Waals surface area contributed by atoms with Crippen LogP contribution in [0.3, 0.4) is 0 Å². The van der Waals surface area contributed by atoms with Gasteiger partial charge in [0.15, 0.2) is 5.82 Å². The highest BCUT2D eigenvalue weighted by molar-refractivity contribution is 6.30. The Kier molecular flexibility index (Phi) is 9.05. The molecule has 0 amide bonds. The first-order valence-corrected chi connectivity index (χ1v) is 13.9. The van der Waals surface area contributed by atoms with Gasteiger partial charge in [-0.2, -0.15) is 0 Å². The molecule has 0 aliphatic carbocycles. The van der Waals surface area contributed by atoms with Gasteiger partial charge in [-0.05, 0) is 57.1 Å². The van der Waals surface area contributed by atoms with Gasteiger partial charge in [-0.1, -0.05) is 23.7 Å². The smallest absolute Gasteiger partial charge is 0.328 e. The number of carboxylic acids is 1. The summed E-state index contributed by atoms with van der Waals surface area (Å²) in [5.41, 5.74) is 2.36. The first-order chi connectivity index (χ1) is 19.9. The van der Waals surface area contributed by atoms with E-state index >= 15 is 0 Å². The summed E-state index contributed by atoms with van der Waals surface area (Å²) < 4.78 is 23.9. The number of benzene rings is 1. The molecule has 0 saturated carbocycles. The van der Waals surface area contributed by atoms with E-state index in [9.17, 15) is 9.18 Å². The van der Waals surface area contributed by atoms with E-state index in [4.69, 9.17) is 26.4 Å². The summed E-state index contributed by atoms with van der Waals surface area (Å²) in [5.74, 6) is 0.536. The number of piperidine rings is 1. The summed E-state index contributed by atoms with van der Waals surface area (Å²) in [4.78, 5) is 22.4. The van der Waals surface area contributed by atoms with Crippen molar-refractivity contribution in [1.29, 1.82) is 0 Å². The molecule has 4 aromatic rings. The number of likely N-dealkylation sites (tertiary alicyclic amines) is 1. The number of hydrogen-bond donors (Lipinski definition) is 1. The molecule has 214 valence electrons. The SMILES string of the molecule is CCn1cncc1Cn1c(/C=C/C(=O)O)nnc1CN1CCC(c2cccc(OCc3ccc(Cl)cc3F)n2)CC1. The largest absolute Gasteiger partial charge is 0.478 e. The zero-order chi connectivity index (χ0) is 28.8. The molecule has 4 heterocycles. The highest BCUT2D eigenvalue weighted by Crippen LogP contribution is 2.29. The van der Waals surface area contributed by atoms with Crippen LogP contribution in [-0.4, -0.2) is 58.4 Å². The van der Waals surface area contributed by atoms with Crippen LogP contribution in [-0.2, 0) is 31.0 Å². The van der Waals surface area contributed by atoms with Crippen LogP contribution in [0.15, 0.2) is 55.0 Å². The maximum Gasteiger partial charge on any atom is 0.328 e. The number of aryl methyl sites for hydroxylation is 1. The Bertz CT molecular complexity index is 1530. The molecule has 1 aliphatic rings. The maximum absolute atomic E-state index is 14.1. The van der Waals surface area contributed by atoms with Crippen LogP contribution in [0.2, 0.25) is 5.02 Å². The van der Waals surface area contributed by atoms with Gasteiger partial charge in [0.05, 0.1) is 25.1 Å². The fourth-order valence-corrected chi connectivity index (χ4v) is 5.11. The van der Waals surface area contributed by atoms with Crippen LogP contribution in [0.4, 0.5) is 4.39 Å². The summed E-state index contributed by atoms with van der Waals surface area (Å²) in [6.45, 7) is 5.65. The molecule has 0 spiro atoms. The lowest BCUT2D eigenvalue weighted by Crippen LogP contribution is -2.33. The van der Waals surface area contributed by atoms with Crippen molar-refractivity contribution in [1.82, 2.24) is 34.2 Å². The zero-order valence-electron chi connectivity index (χ0n) is 22.7. The van der Waals surface area contributed by atoms with Gasteiger partial charge >= 0.3 is 5.97 Å². The van der Waals surface area contributed by atoms with E-state index in [2.05, 4.69) is 20.1 Å². The molecule has 1 aliphatic heterocycles. The molecule has 0 bridgehead atoms. The van der Waals surface area contributed by atoms with Crippen molar-refractivity contribution in [2.45, 2.75) is 51.9 Å². The minimum Gasteiger partial charge on any atom is -0.478 e. The van der Waals surface area contributed by atoms with E-state index in [-0.39, 0.29) is 12.5 Å². The van der Waals surface area contributed by atoms with Gasteiger partial charge in [0, 0.05) is 47.1 Å². The molecule has 1 fully saturated rings. The highest BCUT2D eigenvalue weighted by Gasteiger charge is 2.24. The van der Waals surface area contributed by atoms with E-state index < -0.39 is 11.8 Å². The second kappa shape index (κ2) is 13.0. The number of pyridine rings is 1. The van der Waals surface area contributed by atoms with E-state index in [0.717, 1.165) is 55.8 Å². The number of carboxylic acid groups (broad SMARTS) is 1. The van der Waals surface area contributed by atoms with Crippen molar-refractivity contribution in [2.24, 2.45) is 0 Å². The normalized spacial score (nSPS) is 14.6. The molecule has 3 aromatic heterocycles. The van der Waals surface area contributed by atoms with Crippen molar-refractivity contribution < 1.29 is 19.0 Å². The molecule has 41 heavy (non-hydrogen) atoms. The summed E-state index contributed by atoms with van der Waals surface area (Å²) in [6.07, 6.45) is 7.94. The lowest BCUT2D eigenvalue weighted by atomic mass is 9.93. The Morgan fingerprint density at radius 2 is 2.02 bits per heavy atom. The Balaban J connectivity index is 1.22. The molecular weight excluding hydrogens is 549 g/mol. The summed E-state index contributed by atoms with van der Waals surface area (Å²) in [6, 6.07) is 10.2. The van der Waals surface area contributed by atoms with Crippen LogP contribution < -0.4 is 4.74 Å². The van der Waals surface area contributed by atoms with Gasteiger partial charge in [0.2, 0.25) is 5.88 Å². The monoisotopic (exact) mass is 579 g/mol. The molecule has 1 N–H and O–H groups in total. The van der Waals surface area contributed by atoms with Crippen LogP contribution >= 0.6 is 11.6 Å². The number of imidazole rings is 1. The third-order valence-corrected chi connectivity index (χ3v) is 7.43. The molecule has 0 radical (unpaired) electrons. The molecule has 10 nitrogen and oxygen atoms in total. The summed E-state index contributed by atoms with van der Waals surface area (Å²) in [7, 11) is 0. The molecule has 1 saturated heterocycles. The third kappa shape index (κ3) is 7.17. The quantitative estimate of drug-likeness (QED) is 0.253. The van der Waals surface area contributed by atoms with Gasteiger partial charge in [0.25, 0.3) is 0 Å². The topological polar surface area (TPSA) is 111 Å². The zero-order valence-corrected chi connectivity index (χ0v) is 23.4. The van der Waals surface area contributed by atoms with Gasteiger partial charge in [-0.15, -0.1) is 10.2 Å². The minimum atomic E-state index is -1.04. The molecule has 12 heteroatoms. The van der Waals surface area contributed by atoms with Gasteiger partial charge in [-0.25, -0.2) is 19.2 Å². The Labute approximate surface area is 242 Å². The number of halogens is 2. The second-order valence-electron chi connectivity index (χ2n) is 9.88.